The third-order valence-corrected chi connectivity index (χ3v) is 5.73. The van der Waals surface area contributed by atoms with E-state index in [-0.39, 0.29) is 29.8 Å². The van der Waals surface area contributed by atoms with E-state index in [0.29, 0.717) is 23.2 Å². The van der Waals surface area contributed by atoms with Crippen LogP contribution in [0.1, 0.15) is 23.9 Å². The Kier molecular flexibility index (Phi) is 7.41. The van der Waals surface area contributed by atoms with Gasteiger partial charge in [-0.2, -0.15) is 0 Å². The van der Waals surface area contributed by atoms with E-state index >= 15 is 0 Å². The highest BCUT2D eigenvalue weighted by atomic mass is 32.2. The normalized spacial score (nSPS) is 10.7. The highest BCUT2D eigenvalue weighted by molar-refractivity contribution is 7.99. The lowest BCUT2D eigenvalue weighted by Crippen LogP contribution is -2.18. The van der Waals surface area contributed by atoms with Gasteiger partial charge >= 0.3 is 0 Å². The first-order chi connectivity index (χ1) is 14.9. The monoisotopic (exact) mass is 441 g/mol. The van der Waals surface area contributed by atoms with Crippen LogP contribution in [-0.4, -0.2) is 32.3 Å². The van der Waals surface area contributed by atoms with E-state index in [0.717, 1.165) is 16.8 Å². The first-order valence-corrected chi connectivity index (χ1v) is 10.8. The average Bonchev–Trinajstić information content (AvgIpc) is 3.13. The lowest BCUT2D eigenvalue weighted by molar-refractivity contribution is -0.116. The van der Waals surface area contributed by atoms with Crippen molar-refractivity contribution in [2.75, 3.05) is 16.4 Å². The van der Waals surface area contributed by atoms with E-state index in [9.17, 15) is 14.0 Å². The summed E-state index contributed by atoms with van der Waals surface area (Å²) in [6.45, 7) is 6.46. The fraction of sp³-hybridized carbons (Fsp3) is 0.273. The number of carbonyl (C=O) groups is 2. The number of aryl methyl sites for hydroxylation is 1. The van der Waals surface area contributed by atoms with Crippen LogP contribution in [0.25, 0.3) is 0 Å². The summed E-state index contributed by atoms with van der Waals surface area (Å²) in [7, 11) is 0. The van der Waals surface area contributed by atoms with Gasteiger partial charge in [-0.05, 0) is 62.2 Å². The molecule has 0 bridgehead atoms. The van der Waals surface area contributed by atoms with E-state index in [2.05, 4.69) is 20.8 Å². The highest BCUT2D eigenvalue weighted by Crippen LogP contribution is 2.20. The maximum absolute atomic E-state index is 13.0. The number of rotatable bonds is 8. The molecule has 31 heavy (non-hydrogen) atoms. The quantitative estimate of drug-likeness (QED) is 0.517. The van der Waals surface area contributed by atoms with Crippen LogP contribution in [0.5, 0.6) is 0 Å². The fourth-order valence-electron chi connectivity index (χ4n) is 2.96. The summed E-state index contributed by atoms with van der Waals surface area (Å²) in [5.74, 6) is -0.133. The fourth-order valence-corrected chi connectivity index (χ4v) is 3.78. The molecule has 1 heterocycles. The zero-order chi connectivity index (χ0) is 22.4. The molecular formula is C22H24FN5O2S. The summed E-state index contributed by atoms with van der Waals surface area (Å²) in [6.07, 6.45) is 0.0799. The van der Waals surface area contributed by atoms with Crippen molar-refractivity contribution >= 4 is 35.0 Å². The van der Waals surface area contributed by atoms with Gasteiger partial charge in [0.05, 0.1) is 12.2 Å². The van der Waals surface area contributed by atoms with Crippen molar-refractivity contribution in [2.45, 2.75) is 38.9 Å². The molecule has 3 rings (SSSR count). The van der Waals surface area contributed by atoms with E-state index < -0.39 is 0 Å². The molecule has 0 fully saturated rings. The molecule has 0 spiro atoms. The lowest BCUT2D eigenvalue weighted by atomic mass is 10.1. The Hall–Kier alpha value is -3.20. The van der Waals surface area contributed by atoms with Crippen LogP contribution in [0.3, 0.4) is 0 Å². The van der Waals surface area contributed by atoms with Crippen molar-refractivity contribution in [1.29, 1.82) is 0 Å². The molecule has 0 aliphatic heterocycles. The van der Waals surface area contributed by atoms with Crippen LogP contribution >= 0.6 is 11.8 Å². The number of nitrogens with zero attached hydrogens (tertiary/aromatic N) is 3. The van der Waals surface area contributed by atoms with Crippen LogP contribution in [0.15, 0.2) is 47.6 Å². The molecule has 0 radical (unpaired) electrons. The van der Waals surface area contributed by atoms with Gasteiger partial charge in [0.25, 0.3) is 0 Å². The molecule has 0 unspecified atom stereocenters. The SMILES string of the molecule is CCn1c(CC(=O)Nc2cccc(C)c2C)nnc1SCC(=O)Nc1ccc(F)cc1. The maximum atomic E-state index is 13.0. The third-order valence-electron chi connectivity index (χ3n) is 4.77. The number of nitrogens with one attached hydrogen (secondary N) is 2. The van der Waals surface area contributed by atoms with E-state index in [4.69, 9.17) is 0 Å². The van der Waals surface area contributed by atoms with Crippen molar-refractivity contribution < 1.29 is 14.0 Å². The Morgan fingerprint density at radius 3 is 2.48 bits per heavy atom. The second-order valence-electron chi connectivity index (χ2n) is 6.96. The van der Waals surface area contributed by atoms with Crippen LogP contribution in [0.4, 0.5) is 15.8 Å². The zero-order valence-corrected chi connectivity index (χ0v) is 18.4. The average molecular weight is 442 g/mol. The summed E-state index contributed by atoms with van der Waals surface area (Å²) >= 11 is 1.23. The smallest absolute Gasteiger partial charge is 0.234 e. The summed E-state index contributed by atoms with van der Waals surface area (Å²) in [6, 6.07) is 11.3. The van der Waals surface area contributed by atoms with Gasteiger partial charge in [-0.3, -0.25) is 9.59 Å². The van der Waals surface area contributed by atoms with Gasteiger partial charge < -0.3 is 15.2 Å². The third kappa shape index (κ3) is 5.91. The number of carbonyl (C=O) groups excluding carboxylic acids is 2. The molecular weight excluding hydrogens is 417 g/mol. The summed E-state index contributed by atoms with van der Waals surface area (Å²) < 4.78 is 14.8. The van der Waals surface area contributed by atoms with Crippen LogP contribution < -0.4 is 10.6 Å². The van der Waals surface area contributed by atoms with Gasteiger partial charge in [0.2, 0.25) is 11.8 Å². The van der Waals surface area contributed by atoms with E-state index in [1.807, 2.05) is 43.5 Å². The Morgan fingerprint density at radius 2 is 1.77 bits per heavy atom. The molecule has 1 aromatic heterocycles. The van der Waals surface area contributed by atoms with Gasteiger partial charge in [0, 0.05) is 17.9 Å². The summed E-state index contributed by atoms with van der Waals surface area (Å²) in [5.41, 5.74) is 3.43. The van der Waals surface area contributed by atoms with Gasteiger partial charge in [-0.1, -0.05) is 23.9 Å². The molecule has 0 atom stereocenters. The largest absolute Gasteiger partial charge is 0.325 e. The minimum atomic E-state index is -0.363. The number of halogens is 1. The van der Waals surface area contributed by atoms with Crippen molar-refractivity contribution in [1.82, 2.24) is 14.8 Å². The lowest BCUT2D eigenvalue weighted by Gasteiger charge is -2.11. The maximum Gasteiger partial charge on any atom is 0.234 e. The van der Waals surface area contributed by atoms with Crippen LogP contribution in [0, 0.1) is 19.7 Å². The van der Waals surface area contributed by atoms with E-state index in [1.54, 1.807) is 0 Å². The molecule has 3 aromatic rings. The van der Waals surface area contributed by atoms with Crippen LogP contribution in [0.2, 0.25) is 0 Å². The number of benzene rings is 2. The number of hydrogen-bond acceptors (Lipinski definition) is 5. The number of anilines is 2. The molecule has 2 amide bonds. The zero-order valence-electron chi connectivity index (χ0n) is 17.6. The summed E-state index contributed by atoms with van der Waals surface area (Å²) in [5, 5.41) is 14.5. The predicted molar refractivity (Wildman–Crippen MR) is 120 cm³/mol. The van der Waals surface area contributed by atoms with Gasteiger partial charge in [-0.15, -0.1) is 10.2 Å². The molecule has 7 nitrogen and oxygen atoms in total. The van der Waals surface area contributed by atoms with Crippen molar-refractivity contribution in [3.8, 4) is 0 Å². The topological polar surface area (TPSA) is 88.9 Å². The molecule has 2 N–H and O–H groups in total. The van der Waals surface area contributed by atoms with Gasteiger partial charge in [0.15, 0.2) is 5.16 Å². The molecule has 0 aliphatic rings. The molecule has 9 heteroatoms. The van der Waals surface area contributed by atoms with Crippen molar-refractivity contribution in [3.05, 3.63) is 65.2 Å². The minimum absolute atomic E-state index is 0.0799. The molecule has 0 saturated heterocycles. The Balaban J connectivity index is 1.59. The van der Waals surface area contributed by atoms with Gasteiger partial charge in [-0.25, -0.2) is 4.39 Å². The second kappa shape index (κ2) is 10.2. The summed E-state index contributed by atoms with van der Waals surface area (Å²) in [4.78, 5) is 24.7. The van der Waals surface area contributed by atoms with Gasteiger partial charge in [0.1, 0.15) is 11.6 Å². The number of thioether (sulfide) groups is 1. The van der Waals surface area contributed by atoms with Crippen molar-refractivity contribution in [3.63, 3.8) is 0 Å². The Bertz CT molecular complexity index is 1080. The Morgan fingerprint density at radius 1 is 1.03 bits per heavy atom. The predicted octanol–water partition coefficient (Wildman–Crippen LogP) is 3.97. The molecule has 2 aromatic carbocycles. The standard InChI is InChI=1S/C22H24FN5O2S/c1-4-28-19(12-20(29)25-18-7-5-6-14(2)15(18)3)26-27-22(28)31-13-21(30)24-17-10-8-16(23)9-11-17/h5-11H,4,12-13H2,1-3H3,(H,24,30)(H,25,29). The van der Waals surface area contributed by atoms with Crippen LogP contribution in [-0.2, 0) is 22.6 Å². The molecule has 0 saturated carbocycles. The number of aromatic nitrogens is 3. The highest BCUT2D eigenvalue weighted by Gasteiger charge is 2.16. The first kappa shape index (κ1) is 22.5. The van der Waals surface area contributed by atoms with Crippen molar-refractivity contribution in [2.24, 2.45) is 0 Å². The molecule has 0 aliphatic carbocycles. The first-order valence-electron chi connectivity index (χ1n) is 9.83. The van der Waals surface area contributed by atoms with E-state index in [1.165, 1.54) is 36.0 Å². The Labute approximate surface area is 184 Å². The number of amides is 2. The second-order valence-corrected chi connectivity index (χ2v) is 7.90. The molecule has 162 valence electrons. The minimum Gasteiger partial charge on any atom is -0.325 e. The number of hydrogen-bond donors (Lipinski definition) is 2.